The van der Waals surface area contributed by atoms with E-state index in [4.69, 9.17) is 4.74 Å². The Kier molecular flexibility index (Phi) is 6.07. The number of amides is 1. The average Bonchev–Trinajstić information content (AvgIpc) is 3.23. The Morgan fingerprint density at radius 2 is 2.19 bits per heavy atom. The lowest BCUT2D eigenvalue weighted by Gasteiger charge is -2.38. The Hall–Kier alpha value is -2.05. The van der Waals surface area contributed by atoms with E-state index < -0.39 is 5.54 Å². The highest BCUT2D eigenvalue weighted by Crippen LogP contribution is 2.36. The first kappa shape index (κ1) is 19.7. The maximum atomic E-state index is 13.4. The van der Waals surface area contributed by atoms with Crippen molar-refractivity contribution in [3.8, 4) is 5.75 Å². The van der Waals surface area contributed by atoms with Crippen molar-refractivity contribution in [2.75, 3.05) is 19.7 Å². The molecule has 4 rings (SSSR count). The number of carbonyl (C=O) groups excluding carboxylic acids is 1. The summed E-state index contributed by atoms with van der Waals surface area (Å²) >= 11 is 0. The van der Waals surface area contributed by atoms with Crippen LogP contribution in [0.5, 0.6) is 5.75 Å². The summed E-state index contributed by atoms with van der Waals surface area (Å²) < 4.78 is 7.76. The van der Waals surface area contributed by atoms with E-state index in [9.17, 15) is 4.79 Å². The molecule has 0 bridgehead atoms. The van der Waals surface area contributed by atoms with Crippen molar-refractivity contribution in [1.29, 1.82) is 0 Å². The van der Waals surface area contributed by atoms with Gasteiger partial charge in [0.1, 0.15) is 11.3 Å². The molecule has 1 aromatic carbocycles. The molecule has 1 atom stereocenters. The lowest BCUT2D eigenvalue weighted by molar-refractivity contribution is -0.133. The topological polar surface area (TPSA) is 68.2 Å². The Bertz CT molecular complexity index is 772. The third-order valence-electron chi connectivity index (χ3n) is 5.64. The Balaban J connectivity index is 0.00000210. The number of carbonyl (C=O) groups is 1. The van der Waals surface area contributed by atoms with Crippen molar-refractivity contribution in [3.05, 3.63) is 47.8 Å². The number of hydrogen-bond donors (Lipinski definition) is 2. The highest BCUT2D eigenvalue weighted by atomic mass is 35.5. The minimum Gasteiger partial charge on any atom is -0.493 e. The molecule has 27 heavy (non-hydrogen) atoms. The van der Waals surface area contributed by atoms with Crippen LogP contribution in [0.3, 0.4) is 0 Å². The predicted octanol–water partition coefficient (Wildman–Crippen LogP) is 2.59. The van der Waals surface area contributed by atoms with Gasteiger partial charge in [-0.2, -0.15) is 5.10 Å². The minimum atomic E-state index is -0.615. The zero-order chi connectivity index (χ0) is 18.0. The SMILES string of the molecule is CCc1cccc2c1OCCC2NC(=O)C1(n2cccn2)CCNCC1.Cl. The number of aryl methyl sites for hydroxylation is 1. The number of aromatic nitrogens is 2. The first-order chi connectivity index (χ1) is 12.7. The average molecular weight is 391 g/mol. The van der Waals surface area contributed by atoms with Crippen molar-refractivity contribution >= 4 is 18.3 Å². The molecule has 0 aliphatic carbocycles. The van der Waals surface area contributed by atoms with Crippen molar-refractivity contribution in [3.63, 3.8) is 0 Å². The van der Waals surface area contributed by atoms with E-state index in [0.717, 1.165) is 50.1 Å². The molecule has 1 fully saturated rings. The number of piperidine rings is 1. The molecule has 2 aromatic rings. The Morgan fingerprint density at radius 1 is 1.37 bits per heavy atom. The molecule has 2 aliphatic heterocycles. The molecule has 1 aromatic heterocycles. The second-order valence-electron chi connectivity index (χ2n) is 7.08. The van der Waals surface area contributed by atoms with Crippen LogP contribution >= 0.6 is 12.4 Å². The summed E-state index contributed by atoms with van der Waals surface area (Å²) in [5.74, 6) is 1.01. The van der Waals surface area contributed by atoms with Crippen LogP contribution in [-0.4, -0.2) is 35.4 Å². The van der Waals surface area contributed by atoms with Gasteiger partial charge in [0.05, 0.1) is 12.6 Å². The van der Waals surface area contributed by atoms with E-state index in [0.29, 0.717) is 6.61 Å². The fourth-order valence-corrected chi connectivity index (χ4v) is 4.13. The van der Waals surface area contributed by atoms with Gasteiger partial charge in [-0.05, 0) is 44.0 Å². The number of benzene rings is 1. The molecule has 1 unspecified atom stereocenters. The Morgan fingerprint density at radius 3 is 2.89 bits per heavy atom. The molecule has 3 heterocycles. The van der Waals surface area contributed by atoms with Gasteiger partial charge in [-0.25, -0.2) is 0 Å². The molecule has 0 radical (unpaired) electrons. The maximum Gasteiger partial charge on any atom is 0.248 e. The summed E-state index contributed by atoms with van der Waals surface area (Å²) in [5, 5.41) is 11.1. The van der Waals surface area contributed by atoms with Gasteiger partial charge in [-0.15, -0.1) is 12.4 Å². The maximum absolute atomic E-state index is 13.4. The standard InChI is InChI=1S/C20H26N4O2.ClH/c1-2-15-5-3-6-16-17(7-14-26-18(15)16)23-19(25)20(8-11-21-12-9-20)24-13-4-10-22-24;/h3-6,10,13,17,21H,2,7-9,11-12,14H2,1H3,(H,23,25);1H. The van der Waals surface area contributed by atoms with E-state index in [-0.39, 0.29) is 24.4 Å². The van der Waals surface area contributed by atoms with Gasteiger partial charge < -0.3 is 15.4 Å². The molecular formula is C20H27ClN4O2. The van der Waals surface area contributed by atoms with Crippen LogP contribution in [0.4, 0.5) is 0 Å². The van der Waals surface area contributed by atoms with Crippen LogP contribution in [0.15, 0.2) is 36.7 Å². The van der Waals surface area contributed by atoms with E-state index in [2.05, 4.69) is 40.9 Å². The van der Waals surface area contributed by atoms with E-state index in [1.54, 1.807) is 6.20 Å². The molecular weight excluding hydrogens is 364 g/mol. The number of nitrogens with one attached hydrogen (secondary N) is 2. The smallest absolute Gasteiger partial charge is 0.248 e. The van der Waals surface area contributed by atoms with Gasteiger partial charge >= 0.3 is 0 Å². The van der Waals surface area contributed by atoms with Crippen molar-refractivity contribution < 1.29 is 9.53 Å². The summed E-state index contributed by atoms with van der Waals surface area (Å²) in [6.07, 6.45) is 6.84. The molecule has 146 valence electrons. The molecule has 2 aliphatic rings. The van der Waals surface area contributed by atoms with Crippen molar-refractivity contribution in [2.24, 2.45) is 0 Å². The normalized spacial score (nSPS) is 20.7. The number of fused-ring (bicyclic) bond motifs is 1. The first-order valence-electron chi connectivity index (χ1n) is 9.51. The van der Waals surface area contributed by atoms with Crippen LogP contribution in [0.2, 0.25) is 0 Å². The lowest BCUT2D eigenvalue weighted by atomic mass is 9.86. The number of hydrogen-bond acceptors (Lipinski definition) is 4. The third kappa shape index (κ3) is 3.56. The number of para-hydroxylation sites is 1. The fraction of sp³-hybridized carbons (Fsp3) is 0.500. The lowest BCUT2D eigenvalue weighted by Crippen LogP contribution is -2.55. The van der Waals surface area contributed by atoms with E-state index in [1.807, 2.05) is 16.9 Å². The fourth-order valence-electron chi connectivity index (χ4n) is 4.13. The second kappa shape index (κ2) is 8.31. The van der Waals surface area contributed by atoms with E-state index in [1.165, 1.54) is 5.56 Å². The number of nitrogens with zero attached hydrogens (tertiary/aromatic N) is 2. The summed E-state index contributed by atoms with van der Waals surface area (Å²) in [7, 11) is 0. The molecule has 7 heteroatoms. The van der Waals surface area contributed by atoms with Crippen molar-refractivity contribution in [1.82, 2.24) is 20.4 Å². The van der Waals surface area contributed by atoms with Gasteiger partial charge in [-0.3, -0.25) is 9.48 Å². The number of ether oxygens (including phenoxy) is 1. The van der Waals surface area contributed by atoms with Gasteiger partial charge in [0.15, 0.2) is 0 Å². The highest BCUT2D eigenvalue weighted by Gasteiger charge is 2.43. The quantitative estimate of drug-likeness (QED) is 0.842. The second-order valence-corrected chi connectivity index (χ2v) is 7.08. The summed E-state index contributed by atoms with van der Waals surface area (Å²) in [6, 6.07) is 8.09. The highest BCUT2D eigenvalue weighted by molar-refractivity contribution is 5.85. The molecule has 6 nitrogen and oxygen atoms in total. The van der Waals surface area contributed by atoms with Crippen LogP contribution in [0.1, 0.15) is 43.4 Å². The molecule has 0 spiro atoms. The third-order valence-corrected chi connectivity index (χ3v) is 5.64. The summed E-state index contributed by atoms with van der Waals surface area (Å²) in [6.45, 7) is 4.39. The molecule has 2 N–H and O–H groups in total. The van der Waals surface area contributed by atoms with Gasteiger partial charge in [0.2, 0.25) is 5.91 Å². The van der Waals surface area contributed by atoms with Crippen LogP contribution in [0.25, 0.3) is 0 Å². The van der Waals surface area contributed by atoms with Crippen LogP contribution < -0.4 is 15.4 Å². The van der Waals surface area contributed by atoms with Crippen LogP contribution in [-0.2, 0) is 16.8 Å². The number of rotatable bonds is 4. The zero-order valence-electron chi connectivity index (χ0n) is 15.6. The van der Waals surface area contributed by atoms with Gasteiger partial charge in [-0.1, -0.05) is 25.1 Å². The predicted molar refractivity (Wildman–Crippen MR) is 106 cm³/mol. The van der Waals surface area contributed by atoms with Gasteiger partial charge in [0.25, 0.3) is 0 Å². The van der Waals surface area contributed by atoms with Crippen molar-refractivity contribution in [2.45, 2.75) is 44.2 Å². The molecule has 1 saturated heterocycles. The van der Waals surface area contributed by atoms with Crippen LogP contribution in [0, 0.1) is 0 Å². The summed E-state index contributed by atoms with van der Waals surface area (Å²) in [5.41, 5.74) is 1.67. The monoisotopic (exact) mass is 390 g/mol. The molecule has 0 saturated carbocycles. The first-order valence-corrected chi connectivity index (χ1v) is 9.51. The van der Waals surface area contributed by atoms with E-state index >= 15 is 0 Å². The summed E-state index contributed by atoms with van der Waals surface area (Å²) in [4.78, 5) is 13.4. The molecule has 1 amide bonds. The van der Waals surface area contributed by atoms with Gasteiger partial charge in [0, 0.05) is 24.4 Å². The minimum absolute atomic E-state index is 0. The number of halogens is 1. The largest absolute Gasteiger partial charge is 0.493 e. The zero-order valence-corrected chi connectivity index (χ0v) is 16.4. The Labute approximate surface area is 166 Å².